The van der Waals surface area contributed by atoms with Gasteiger partial charge in [0.1, 0.15) is 6.29 Å². The molecule has 0 saturated carbocycles. The van der Waals surface area contributed by atoms with Crippen LogP contribution >= 0.6 is 0 Å². The van der Waals surface area contributed by atoms with Gasteiger partial charge in [-0.25, -0.2) is 0 Å². The Morgan fingerprint density at radius 1 is 1.33 bits per heavy atom. The second-order valence-electron chi connectivity index (χ2n) is 3.14. The molecule has 0 aliphatic carbocycles. The molecule has 1 aromatic carbocycles. The molecule has 0 aliphatic rings. The highest BCUT2D eigenvalue weighted by molar-refractivity contribution is 5.77. The molecule has 0 aliphatic heterocycles. The van der Waals surface area contributed by atoms with Gasteiger partial charge >= 0.3 is 0 Å². The van der Waals surface area contributed by atoms with Crippen molar-refractivity contribution in [1.82, 2.24) is 0 Å². The lowest BCUT2D eigenvalue weighted by Crippen LogP contribution is -2.01. The summed E-state index contributed by atoms with van der Waals surface area (Å²) in [6, 6.07) is 3.15. The molecular formula is C11H14O4. The molecule has 82 valence electrons. The van der Waals surface area contributed by atoms with Crippen LogP contribution in [0.3, 0.4) is 0 Å². The molecule has 1 rings (SSSR count). The Hall–Kier alpha value is -1.55. The first-order chi connectivity index (χ1) is 7.13. The van der Waals surface area contributed by atoms with E-state index in [9.17, 15) is 9.90 Å². The fourth-order valence-corrected chi connectivity index (χ4v) is 1.39. The van der Waals surface area contributed by atoms with E-state index < -0.39 is 6.10 Å². The second kappa shape index (κ2) is 4.79. The maximum Gasteiger partial charge on any atom is 0.166 e. The fourth-order valence-electron chi connectivity index (χ4n) is 1.39. The molecule has 4 heteroatoms. The van der Waals surface area contributed by atoms with E-state index in [0.717, 1.165) is 0 Å². The molecule has 4 nitrogen and oxygen atoms in total. The molecule has 1 unspecified atom stereocenters. The van der Waals surface area contributed by atoms with Crippen LogP contribution in [0.1, 0.15) is 28.9 Å². The Kier molecular flexibility index (Phi) is 3.68. The number of carbonyl (C=O) groups is 1. The summed E-state index contributed by atoms with van der Waals surface area (Å²) in [5.41, 5.74) is 0.988. The topological polar surface area (TPSA) is 55.8 Å². The van der Waals surface area contributed by atoms with Crippen LogP contribution in [0.4, 0.5) is 0 Å². The number of hydrogen-bond acceptors (Lipinski definition) is 4. The van der Waals surface area contributed by atoms with Gasteiger partial charge in [-0.2, -0.15) is 0 Å². The third-order valence-corrected chi connectivity index (χ3v) is 2.12. The molecule has 0 amide bonds. The van der Waals surface area contributed by atoms with Gasteiger partial charge in [0.2, 0.25) is 0 Å². The average Bonchev–Trinajstić information content (AvgIpc) is 2.26. The van der Waals surface area contributed by atoms with Crippen molar-refractivity contribution in [2.45, 2.75) is 13.0 Å². The van der Waals surface area contributed by atoms with Gasteiger partial charge in [-0.1, -0.05) is 0 Å². The standard InChI is InChI=1S/C11H14O4/c1-7(13)9-4-8(6-12)5-10(14-2)11(9)15-3/h4-7,13H,1-3H3. The Balaban J connectivity index is 3.38. The summed E-state index contributed by atoms with van der Waals surface area (Å²) < 4.78 is 10.2. The number of methoxy groups -OCH3 is 2. The smallest absolute Gasteiger partial charge is 0.166 e. The SMILES string of the molecule is COc1cc(C=O)cc(C(C)O)c1OC. The lowest BCUT2D eigenvalue weighted by molar-refractivity contribution is 0.112. The molecule has 15 heavy (non-hydrogen) atoms. The normalized spacial score (nSPS) is 12.0. The number of ether oxygens (including phenoxy) is 2. The van der Waals surface area contributed by atoms with Gasteiger partial charge in [-0.3, -0.25) is 4.79 Å². The van der Waals surface area contributed by atoms with Crippen LogP contribution in [0.5, 0.6) is 11.5 Å². The zero-order valence-corrected chi connectivity index (χ0v) is 8.98. The van der Waals surface area contributed by atoms with Gasteiger partial charge in [0.05, 0.1) is 20.3 Å². The maximum atomic E-state index is 10.7. The van der Waals surface area contributed by atoms with Crippen molar-refractivity contribution in [1.29, 1.82) is 0 Å². The number of aldehydes is 1. The lowest BCUT2D eigenvalue weighted by Gasteiger charge is -2.15. The fraction of sp³-hybridized carbons (Fsp3) is 0.364. The number of aliphatic hydroxyl groups excluding tert-OH is 1. The zero-order chi connectivity index (χ0) is 11.4. The number of benzene rings is 1. The zero-order valence-electron chi connectivity index (χ0n) is 8.98. The van der Waals surface area contributed by atoms with Gasteiger partial charge in [0, 0.05) is 11.1 Å². The molecule has 0 saturated heterocycles. The third-order valence-electron chi connectivity index (χ3n) is 2.12. The molecular weight excluding hydrogens is 196 g/mol. The minimum Gasteiger partial charge on any atom is -0.493 e. The van der Waals surface area contributed by atoms with E-state index in [2.05, 4.69) is 0 Å². The Bertz CT molecular complexity index is 358. The van der Waals surface area contributed by atoms with E-state index in [1.165, 1.54) is 14.2 Å². The Labute approximate surface area is 88.4 Å². The van der Waals surface area contributed by atoms with Crippen molar-refractivity contribution in [3.8, 4) is 11.5 Å². The molecule has 0 spiro atoms. The molecule has 0 radical (unpaired) electrons. The molecule has 0 heterocycles. The van der Waals surface area contributed by atoms with Crippen molar-refractivity contribution < 1.29 is 19.4 Å². The quantitative estimate of drug-likeness (QED) is 0.766. The van der Waals surface area contributed by atoms with Crippen LogP contribution in [-0.4, -0.2) is 25.6 Å². The Morgan fingerprint density at radius 3 is 2.40 bits per heavy atom. The van der Waals surface area contributed by atoms with Gasteiger partial charge in [-0.05, 0) is 19.1 Å². The van der Waals surface area contributed by atoms with Gasteiger partial charge < -0.3 is 14.6 Å². The number of hydrogen-bond donors (Lipinski definition) is 1. The highest BCUT2D eigenvalue weighted by Gasteiger charge is 2.15. The van der Waals surface area contributed by atoms with E-state index in [0.29, 0.717) is 28.9 Å². The first kappa shape index (κ1) is 11.5. The van der Waals surface area contributed by atoms with E-state index in [-0.39, 0.29) is 0 Å². The third kappa shape index (κ3) is 2.27. The highest BCUT2D eigenvalue weighted by Crippen LogP contribution is 2.35. The van der Waals surface area contributed by atoms with Crippen LogP contribution in [0.2, 0.25) is 0 Å². The van der Waals surface area contributed by atoms with Crippen molar-refractivity contribution in [3.63, 3.8) is 0 Å². The predicted octanol–water partition coefficient (Wildman–Crippen LogP) is 1.57. The molecule has 1 atom stereocenters. The first-order valence-corrected chi connectivity index (χ1v) is 4.53. The largest absolute Gasteiger partial charge is 0.493 e. The maximum absolute atomic E-state index is 10.7. The summed E-state index contributed by atoms with van der Waals surface area (Å²) in [5.74, 6) is 0.899. The number of rotatable bonds is 4. The summed E-state index contributed by atoms with van der Waals surface area (Å²) in [6.07, 6.45) is -0.0119. The highest BCUT2D eigenvalue weighted by atomic mass is 16.5. The van der Waals surface area contributed by atoms with Crippen LogP contribution in [0.25, 0.3) is 0 Å². The first-order valence-electron chi connectivity index (χ1n) is 4.53. The molecule has 0 bridgehead atoms. The molecule has 1 aromatic rings. The van der Waals surface area contributed by atoms with Crippen LogP contribution in [0.15, 0.2) is 12.1 Å². The summed E-state index contributed by atoms with van der Waals surface area (Å²) >= 11 is 0. The van der Waals surface area contributed by atoms with Crippen molar-refractivity contribution in [3.05, 3.63) is 23.3 Å². The monoisotopic (exact) mass is 210 g/mol. The number of aliphatic hydroxyl groups is 1. The molecule has 0 fully saturated rings. The van der Waals surface area contributed by atoms with Gasteiger partial charge in [-0.15, -0.1) is 0 Å². The second-order valence-corrected chi connectivity index (χ2v) is 3.14. The lowest BCUT2D eigenvalue weighted by atomic mass is 10.1. The summed E-state index contributed by atoms with van der Waals surface area (Å²) in [7, 11) is 2.97. The van der Waals surface area contributed by atoms with Crippen LogP contribution in [-0.2, 0) is 0 Å². The molecule has 1 N–H and O–H groups in total. The van der Waals surface area contributed by atoms with E-state index in [1.807, 2.05) is 0 Å². The summed E-state index contributed by atoms with van der Waals surface area (Å²) in [6.45, 7) is 1.60. The van der Waals surface area contributed by atoms with E-state index in [1.54, 1.807) is 19.1 Å². The van der Waals surface area contributed by atoms with E-state index in [4.69, 9.17) is 9.47 Å². The summed E-state index contributed by atoms with van der Waals surface area (Å²) in [5, 5.41) is 9.52. The van der Waals surface area contributed by atoms with Gasteiger partial charge in [0.25, 0.3) is 0 Å². The van der Waals surface area contributed by atoms with Crippen molar-refractivity contribution >= 4 is 6.29 Å². The molecule has 0 aromatic heterocycles. The minimum absolute atomic E-state index is 0.443. The van der Waals surface area contributed by atoms with Crippen molar-refractivity contribution in [2.24, 2.45) is 0 Å². The Morgan fingerprint density at radius 2 is 2.00 bits per heavy atom. The summed E-state index contributed by atoms with van der Waals surface area (Å²) in [4.78, 5) is 10.7. The predicted molar refractivity (Wildman–Crippen MR) is 55.6 cm³/mol. The van der Waals surface area contributed by atoms with Crippen molar-refractivity contribution in [2.75, 3.05) is 14.2 Å². The van der Waals surface area contributed by atoms with E-state index >= 15 is 0 Å². The minimum atomic E-state index is -0.714. The average molecular weight is 210 g/mol. The van der Waals surface area contributed by atoms with Gasteiger partial charge in [0.15, 0.2) is 11.5 Å². The van der Waals surface area contributed by atoms with Crippen LogP contribution in [0, 0.1) is 0 Å². The number of carbonyl (C=O) groups excluding carboxylic acids is 1. The van der Waals surface area contributed by atoms with Crippen LogP contribution < -0.4 is 9.47 Å².